The summed E-state index contributed by atoms with van der Waals surface area (Å²) in [5.41, 5.74) is -0.370. The molecule has 0 amide bonds. The van der Waals surface area contributed by atoms with Gasteiger partial charge in [-0.25, -0.2) is 13.8 Å². The number of fused-ring (bicyclic) bond motifs is 1. The van der Waals surface area contributed by atoms with Crippen molar-refractivity contribution in [2.75, 3.05) is 20.3 Å². The van der Waals surface area contributed by atoms with Crippen LogP contribution in [0, 0.1) is 19.7 Å². The highest BCUT2D eigenvalue weighted by atomic mass is 19.1. The molecular formula is C34H32FN3O7. The number of hydrogen-bond acceptors (Lipinski definition) is 7. The molecule has 11 heteroatoms. The molecule has 0 spiro atoms. The van der Waals surface area contributed by atoms with Gasteiger partial charge in [-0.05, 0) is 61.4 Å². The summed E-state index contributed by atoms with van der Waals surface area (Å²) >= 11 is 0. The zero-order chi connectivity index (χ0) is 31.8. The minimum Gasteiger partial charge on any atom is -0.497 e. The molecule has 10 nitrogen and oxygen atoms in total. The Morgan fingerprint density at radius 1 is 0.956 bits per heavy atom. The summed E-state index contributed by atoms with van der Waals surface area (Å²) < 4.78 is 41.8. The quantitative estimate of drug-likeness (QED) is 0.252. The standard InChI is InChI=1S/C34H32FN3O7/c1-20-8-13-26(25(35)16-20)38-32-31(33(40)37(34(38)41)18-22-9-11-23(42-4)12-10-22)29(17-30(39)36(32)3)45-28-7-5-6-27(21(28)2)44-24-14-15-43-19-24/h5-13,16-17,24H,14-15,18-19H2,1-4H3. The maximum Gasteiger partial charge on any atom is 0.337 e. The van der Waals surface area contributed by atoms with E-state index in [2.05, 4.69) is 0 Å². The molecule has 0 N–H and O–H groups in total. The van der Waals surface area contributed by atoms with E-state index in [1.807, 2.05) is 13.0 Å². The molecule has 1 aliphatic heterocycles. The van der Waals surface area contributed by atoms with Crippen molar-refractivity contribution >= 4 is 11.0 Å². The fourth-order valence-corrected chi connectivity index (χ4v) is 5.44. The van der Waals surface area contributed by atoms with Crippen LogP contribution in [0.25, 0.3) is 16.7 Å². The molecule has 0 saturated carbocycles. The summed E-state index contributed by atoms with van der Waals surface area (Å²) in [6, 6.07) is 17.7. The van der Waals surface area contributed by atoms with E-state index >= 15 is 4.39 Å². The fraction of sp³-hybridized carbons (Fsp3) is 0.265. The summed E-state index contributed by atoms with van der Waals surface area (Å²) in [4.78, 5) is 41.7. The molecule has 45 heavy (non-hydrogen) atoms. The second-order valence-electron chi connectivity index (χ2n) is 11.0. The highest BCUT2D eigenvalue weighted by Gasteiger charge is 2.25. The van der Waals surface area contributed by atoms with Crippen LogP contribution in [0.15, 0.2) is 81.1 Å². The Balaban J connectivity index is 1.59. The second-order valence-corrected chi connectivity index (χ2v) is 11.0. The first-order valence-electron chi connectivity index (χ1n) is 14.5. The molecular weight excluding hydrogens is 581 g/mol. The largest absolute Gasteiger partial charge is 0.497 e. The topological polar surface area (TPSA) is 103 Å². The van der Waals surface area contributed by atoms with Crippen LogP contribution in [0.1, 0.15) is 23.1 Å². The van der Waals surface area contributed by atoms with Crippen molar-refractivity contribution in [3.05, 3.63) is 120 Å². The van der Waals surface area contributed by atoms with Gasteiger partial charge in [0.1, 0.15) is 46.0 Å². The molecule has 1 saturated heterocycles. The number of methoxy groups -OCH3 is 1. The Morgan fingerprint density at radius 3 is 2.40 bits per heavy atom. The Labute approximate surface area is 257 Å². The molecule has 5 aromatic rings. The fourth-order valence-electron chi connectivity index (χ4n) is 5.44. The van der Waals surface area contributed by atoms with Crippen molar-refractivity contribution in [2.24, 2.45) is 7.05 Å². The highest BCUT2D eigenvalue weighted by molar-refractivity contribution is 5.83. The number of rotatable bonds is 8. The number of halogens is 1. The lowest BCUT2D eigenvalue weighted by Crippen LogP contribution is -2.42. The van der Waals surface area contributed by atoms with Gasteiger partial charge in [-0.15, -0.1) is 0 Å². The van der Waals surface area contributed by atoms with Crippen LogP contribution < -0.4 is 31.0 Å². The lowest BCUT2D eigenvalue weighted by molar-refractivity contribution is 0.140. The minimum absolute atomic E-state index is 0.0694. The van der Waals surface area contributed by atoms with E-state index in [0.29, 0.717) is 47.2 Å². The molecule has 232 valence electrons. The third-order valence-electron chi connectivity index (χ3n) is 7.95. The summed E-state index contributed by atoms with van der Waals surface area (Å²) in [7, 11) is 2.96. The van der Waals surface area contributed by atoms with Gasteiger partial charge < -0.3 is 18.9 Å². The molecule has 0 radical (unpaired) electrons. The monoisotopic (exact) mass is 613 g/mol. The van der Waals surface area contributed by atoms with E-state index in [1.54, 1.807) is 49.4 Å². The van der Waals surface area contributed by atoms with Crippen LogP contribution in [0.4, 0.5) is 4.39 Å². The number of benzene rings is 3. The van der Waals surface area contributed by atoms with Crippen molar-refractivity contribution in [1.82, 2.24) is 13.7 Å². The predicted octanol–water partition coefficient (Wildman–Crippen LogP) is 4.62. The number of aromatic nitrogens is 3. The Hall–Kier alpha value is -5.16. The molecule has 0 bridgehead atoms. The molecule has 1 aliphatic rings. The third-order valence-corrected chi connectivity index (χ3v) is 7.95. The normalized spacial score (nSPS) is 14.6. The average molecular weight is 614 g/mol. The van der Waals surface area contributed by atoms with Gasteiger partial charge >= 0.3 is 5.69 Å². The number of pyridine rings is 1. The zero-order valence-electron chi connectivity index (χ0n) is 25.3. The molecule has 3 aromatic carbocycles. The average Bonchev–Trinajstić information content (AvgIpc) is 3.54. The van der Waals surface area contributed by atoms with Gasteiger partial charge in [-0.2, -0.15) is 0 Å². The Bertz CT molecular complexity index is 2090. The van der Waals surface area contributed by atoms with Crippen molar-refractivity contribution in [3.63, 3.8) is 0 Å². The second kappa shape index (κ2) is 12.1. The third kappa shape index (κ3) is 5.62. The minimum atomic E-state index is -0.816. The summed E-state index contributed by atoms with van der Waals surface area (Å²) in [6.07, 6.45) is 0.651. The first-order valence-corrected chi connectivity index (χ1v) is 14.5. The molecule has 2 aromatic heterocycles. The van der Waals surface area contributed by atoms with Gasteiger partial charge in [-0.1, -0.05) is 24.3 Å². The molecule has 0 aliphatic carbocycles. The molecule has 3 heterocycles. The molecule has 6 rings (SSSR count). The van der Waals surface area contributed by atoms with E-state index in [4.69, 9.17) is 18.9 Å². The van der Waals surface area contributed by atoms with Crippen LogP contribution >= 0.6 is 0 Å². The molecule has 1 unspecified atom stereocenters. The van der Waals surface area contributed by atoms with Gasteiger partial charge in [0.25, 0.3) is 11.1 Å². The van der Waals surface area contributed by atoms with Crippen molar-refractivity contribution in [2.45, 2.75) is 32.9 Å². The maximum atomic E-state index is 15.5. The highest BCUT2D eigenvalue weighted by Crippen LogP contribution is 2.34. The number of hydrogen-bond donors (Lipinski definition) is 0. The van der Waals surface area contributed by atoms with Crippen LogP contribution in [0.5, 0.6) is 23.0 Å². The number of ether oxygens (including phenoxy) is 4. The van der Waals surface area contributed by atoms with E-state index in [1.165, 1.54) is 32.4 Å². The van der Waals surface area contributed by atoms with Crippen LogP contribution in [-0.4, -0.2) is 40.1 Å². The summed E-state index contributed by atoms with van der Waals surface area (Å²) in [5.74, 6) is 0.764. The van der Waals surface area contributed by atoms with Crippen molar-refractivity contribution < 1.29 is 23.3 Å². The zero-order valence-corrected chi connectivity index (χ0v) is 25.3. The van der Waals surface area contributed by atoms with Gasteiger partial charge in [0.05, 0.1) is 32.6 Å². The van der Waals surface area contributed by atoms with Crippen molar-refractivity contribution in [3.8, 4) is 28.7 Å². The Kier molecular flexibility index (Phi) is 8.03. The number of aryl methyl sites for hydroxylation is 2. The first kappa shape index (κ1) is 29.9. The summed E-state index contributed by atoms with van der Waals surface area (Å²) in [6.45, 7) is 4.50. The summed E-state index contributed by atoms with van der Waals surface area (Å²) in [5, 5.41) is -0.0694. The van der Waals surface area contributed by atoms with E-state index in [0.717, 1.165) is 20.1 Å². The van der Waals surface area contributed by atoms with Crippen LogP contribution in [-0.2, 0) is 18.3 Å². The van der Waals surface area contributed by atoms with Crippen LogP contribution in [0.3, 0.4) is 0 Å². The molecule has 1 atom stereocenters. The Morgan fingerprint density at radius 2 is 1.71 bits per heavy atom. The van der Waals surface area contributed by atoms with Gasteiger partial charge in [-0.3, -0.25) is 18.7 Å². The van der Waals surface area contributed by atoms with Gasteiger partial charge in [0.15, 0.2) is 0 Å². The predicted molar refractivity (Wildman–Crippen MR) is 167 cm³/mol. The van der Waals surface area contributed by atoms with Gasteiger partial charge in [0, 0.05) is 25.1 Å². The van der Waals surface area contributed by atoms with E-state index in [9.17, 15) is 14.4 Å². The maximum absolute atomic E-state index is 15.5. The number of nitrogens with zero attached hydrogens (tertiary/aromatic N) is 3. The van der Waals surface area contributed by atoms with Gasteiger partial charge in [0.2, 0.25) is 0 Å². The van der Waals surface area contributed by atoms with Crippen molar-refractivity contribution in [1.29, 1.82) is 0 Å². The van der Waals surface area contributed by atoms with Crippen LogP contribution in [0.2, 0.25) is 0 Å². The lowest BCUT2D eigenvalue weighted by Gasteiger charge is -2.20. The smallest absolute Gasteiger partial charge is 0.337 e. The lowest BCUT2D eigenvalue weighted by atomic mass is 10.2. The molecule has 1 fully saturated rings. The van der Waals surface area contributed by atoms with E-state index in [-0.39, 0.29) is 35.1 Å². The van der Waals surface area contributed by atoms with E-state index < -0.39 is 22.6 Å². The SMILES string of the molecule is COc1ccc(Cn2c(=O)c3c(Oc4cccc(OC5CCOC5)c4C)cc(=O)n(C)c3n(-c3ccc(C)cc3F)c2=O)cc1. The first-order chi connectivity index (χ1) is 21.7.